The van der Waals surface area contributed by atoms with Crippen LogP contribution in [-0.4, -0.2) is 22.4 Å². The number of pyridine rings is 2. The predicted molar refractivity (Wildman–Crippen MR) is 141 cm³/mol. The Hall–Kier alpha value is -4.25. The number of fused-ring (bicyclic) bond motifs is 3. The van der Waals surface area contributed by atoms with Crippen LogP contribution in [0, 0.1) is 18.3 Å². The molecule has 36 heavy (non-hydrogen) atoms. The monoisotopic (exact) mass is 508 g/mol. The highest BCUT2D eigenvalue weighted by molar-refractivity contribution is 7.90. The molecule has 3 aromatic heterocycles. The van der Waals surface area contributed by atoms with E-state index in [0.29, 0.717) is 16.6 Å². The number of aromatic nitrogens is 3. The van der Waals surface area contributed by atoms with E-state index in [-0.39, 0.29) is 21.1 Å². The first-order valence-electron chi connectivity index (χ1n) is 11.1. The Bertz CT molecular complexity index is 1990. The fourth-order valence-corrected chi connectivity index (χ4v) is 6.07. The van der Waals surface area contributed by atoms with E-state index >= 15 is 0 Å². The van der Waals surface area contributed by atoms with Gasteiger partial charge in [-0.05, 0) is 43.3 Å². The van der Waals surface area contributed by atoms with Gasteiger partial charge in [0.2, 0.25) is 0 Å². The lowest BCUT2D eigenvalue weighted by Crippen LogP contribution is -2.14. The number of nitriles is 1. The average molecular weight is 509 g/mol. The summed E-state index contributed by atoms with van der Waals surface area (Å²) in [6, 6.07) is 25.8. The van der Waals surface area contributed by atoms with E-state index in [4.69, 9.17) is 16.6 Å². The van der Waals surface area contributed by atoms with Crippen LogP contribution in [0.4, 0.5) is 0 Å². The maximum absolute atomic E-state index is 13.9. The molecule has 6 aromatic rings. The molecule has 0 atom stereocenters. The largest absolute Gasteiger partial charge is 0.269 e. The molecule has 6 nitrogen and oxygen atoms in total. The van der Waals surface area contributed by atoms with Crippen molar-refractivity contribution in [1.82, 2.24) is 13.9 Å². The second-order valence-corrected chi connectivity index (χ2v) is 10.7. The molecule has 8 heteroatoms. The number of nitrogens with zero attached hydrogens (tertiary/aromatic N) is 4. The minimum absolute atomic E-state index is 0.124. The normalized spacial score (nSPS) is 11.8. The molecule has 0 aliphatic rings. The summed E-state index contributed by atoms with van der Waals surface area (Å²) in [6.45, 7) is 1.89. The fraction of sp³-hybridized carbons (Fsp3) is 0.0357. The quantitative estimate of drug-likeness (QED) is 0.255. The first-order chi connectivity index (χ1) is 17.4. The lowest BCUT2D eigenvalue weighted by atomic mass is 10.1. The van der Waals surface area contributed by atoms with E-state index in [0.717, 1.165) is 27.4 Å². The van der Waals surface area contributed by atoms with Gasteiger partial charge in [0.25, 0.3) is 10.0 Å². The number of para-hydroxylation sites is 1. The van der Waals surface area contributed by atoms with Gasteiger partial charge in [-0.3, -0.25) is 0 Å². The van der Waals surface area contributed by atoms with Crippen LogP contribution < -0.4 is 0 Å². The molecule has 0 fully saturated rings. The summed E-state index contributed by atoms with van der Waals surface area (Å²) in [7, 11) is -4.05. The Balaban J connectivity index is 1.67. The smallest absolute Gasteiger partial charge is 0.248 e. The molecule has 3 aromatic carbocycles. The van der Waals surface area contributed by atoms with E-state index in [1.165, 1.54) is 10.2 Å². The van der Waals surface area contributed by atoms with Crippen molar-refractivity contribution in [1.29, 1.82) is 5.26 Å². The minimum atomic E-state index is -4.05. The van der Waals surface area contributed by atoms with Gasteiger partial charge in [-0.1, -0.05) is 59.6 Å². The molecule has 0 saturated carbocycles. The van der Waals surface area contributed by atoms with E-state index < -0.39 is 10.0 Å². The third kappa shape index (κ3) is 3.42. The van der Waals surface area contributed by atoms with Crippen LogP contribution in [-0.2, 0) is 10.0 Å². The van der Waals surface area contributed by atoms with Gasteiger partial charge in [0, 0.05) is 27.9 Å². The molecular weight excluding hydrogens is 492 g/mol. The van der Waals surface area contributed by atoms with Gasteiger partial charge in [0.05, 0.1) is 32.2 Å². The first kappa shape index (κ1) is 22.2. The van der Waals surface area contributed by atoms with Crippen molar-refractivity contribution in [2.45, 2.75) is 11.8 Å². The highest BCUT2D eigenvalue weighted by atomic mass is 35.5. The zero-order valence-corrected chi connectivity index (χ0v) is 20.5. The van der Waals surface area contributed by atoms with Crippen molar-refractivity contribution in [3.05, 3.63) is 101 Å². The second kappa shape index (κ2) is 8.16. The van der Waals surface area contributed by atoms with E-state index in [9.17, 15) is 13.7 Å². The summed E-state index contributed by atoms with van der Waals surface area (Å²) >= 11 is 6.51. The predicted octanol–water partition coefficient (Wildman–Crippen LogP) is 6.48. The Morgan fingerprint density at radius 3 is 2.44 bits per heavy atom. The van der Waals surface area contributed by atoms with Crippen LogP contribution in [0.25, 0.3) is 44.1 Å². The molecule has 0 N–H and O–H groups in total. The Labute approximate surface area is 212 Å². The van der Waals surface area contributed by atoms with Crippen molar-refractivity contribution in [3.8, 4) is 17.3 Å². The number of hydrogen-bond donors (Lipinski definition) is 0. The highest BCUT2D eigenvalue weighted by Gasteiger charge is 2.26. The van der Waals surface area contributed by atoms with Gasteiger partial charge in [-0.2, -0.15) is 5.26 Å². The molecule has 0 unspecified atom stereocenters. The second-order valence-electron chi connectivity index (χ2n) is 8.54. The van der Waals surface area contributed by atoms with Gasteiger partial charge in [-0.25, -0.2) is 22.4 Å². The van der Waals surface area contributed by atoms with Crippen LogP contribution >= 0.6 is 11.6 Å². The van der Waals surface area contributed by atoms with Gasteiger partial charge < -0.3 is 0 Å². The van der Waals surface area contributed by atoms with Crippen molar-refractivity contribution in [2.75, 3.05) is 0 Å². The van der Waals surface area contributed by atoms with Crippen molar-refractivity contribution >= 4 is 54.5 Å². The number of benzene rings is 3. The zero-order valence-electron chi connectivity index (χ0n) is 19.0. The summed E-state index contributed by atoms with van der Waals surface area (Å²) in [5, 5.41) is 11.9. The Kier molecular flexibility index (Phi) is 5.04. The van der Waals surface area contributed by atoms with Crippen molar-refractivity contribution < 1.29 is 8.42 Å². The average Bonchev–Trinajstić information content (AvgIpc) is 3.29. The Morgan fingerprint density at radius 2 is 1.67 bits per heavy atom. The highest BCUT2D eigenvalue weighted by Crippen LogP contribution is 2.36. The van der Waals surface area contributed by atoms with Gasteiger partial charge >= 0.3 is 0 Å². The number of hydrogen-bond acceptors (Lipinski definition) is 5. The summed E-state index contributed by atoms with van der Waals surface area (Å²) in [4.78, 5) is 9.24. The zero-order chi connectivity index (χ0) is 25.0. The topological polar surface area (TPSA) is 88.6 Å². The van der Waals surface area contributed by atoms with Gasteiger partial charge in [-0.15, -0.1) is 0 Å². The molecule has 174 valence electrons. The molecule has 0 aliphatic carbocycles. The minimum Gasteiger partial charge on any atom is -0.248 e. The standard InChI is InChI=1S/C28H17ClN4O2S/c1-17-6-10-22(11-7-17)36(34,35)33-26(14-23-27(29)21(15-30)16-31-28(23)33)20-9-8-19-12-18-4-2-3-5-24(18)32-25(19)13-20/h2-14,16H,1H3. The molecule has 0 aliphatic heterocycles. The molecule has 0 bridgehead atoms. The third-order valence-corrected chi connectivity index (χ3v) is 8.34. The maximum atomic E-state index is 13.9. The maximum Gasteiger partial charge on any atom is 0.269 e. The third-order valence-electron chi connectivity index (χ3n) is 6.22. The molecule has 0 spiro atoms. The molecular formula is C28H17ClN4O2S. The number of rotatable bonds is 3. The molecule has 3 heterocycles. The van der Waals surface area contributed by atoms with Crippen LogP contribution in [0.15, 0.2) is 90.0 Å². The fourth-order valence-electron chi connectivity index (χ4n) is 4.36. The summed E-state index contributed by atoms with van der Waals surface area (Å²) in [5.74, 6) is 0. The van der Waals surface area contributed by atoms with Crippen LogP contribution in [0.3, 0.4) is 0 Å². The first-order valence-corrected chi connectivity index (χ1v) is 12.9. The van der Waals surface area contributed by atoms with E-state index in [1.54, 1.807) is 30.3 Å². The lowest BCUT2D eigenvalue weighted by Gasteiger charge is -2.13. The molecule has 0 saturated heterocycles. The summed E-state index contributed by atoms with van der Waals surface area (Å²) in [6.07, 6.45) is 1.30. The van der Waals surface area contributed by atoms with Gasteiger partial charge in [0.15, 0.2) is 5.65 Å². The molecule has 0 radical (unpaired) electrons. The lowest BCUT2D eigenvalue weighted by molar-refractivity contribution is 0.589. The van der Waals surface area contributed by atoms with Crippen LogP contribution in [0.2, 0.25) is 5.02 Å². The SMILES string of the molecule is Cc1ccc(S(=O)(=O)n2c(-c3ccc4cc5ccccc5nc4c3)cc3c(Cl)c(C#N)cnc32)cc1. The van der Waals surface area contributed by atoms with Crippen LogP contribution in [0.1, 0.15) is 11.1 Å². The van der Waals surface area contributed by atoms with Gasteiger partial charge in [0.1, 0.15) is 6.07 Å². The van der Waals surface area contributed by atoms with Crippen molar-refractivity contribution in [2.24, 2.45) is 0 Å². The van der Waals surface area contributed by atoms with Crippen molar-refractivity contribution in [3.63, 3.8) is 0 Å². The summed E-state index contributed by atoms with van der Waals surface area (Å²) in [5.41, 5.74) is 3.86. The molecule has 0 amide bonds. The van der Waals surface area contributed by atoms with Crippen LogP contribution in [0.5, 0.6) is 0 Å². The Morgan fingerprint density at radius 1 is 0.917 bits per heavy atom. The van der Waals surface area contributed by atoms with E-state index in [2.05, 4.69) is 11.1 Å². The van der Waals surface area contributed by atoms with E-state index in [1.807, 2.05) is 55.5 Å². The molecule has 6 rings (SSSR count). The summed E-state index contributed by atoms with van der Waals surface area (Å²) < 4.78 is 29.0. The number of aryl methyl sites for hydroxylation is 1. The number of halogens is 1.